The molecule has 3 aromatic rings. The van der Waals surface area contributed by atoms with E-state index in [1.165, 1.54) is 23.9 Å². The minimum Gasteiger partial charge on any atom is -0.462 e. The highest BCUT2D eigenvalue weighted by molar-refractivity contribution is 8.00. The van der Waals surface area contributed by atoms with Crippen molar-refractivity contribution < 1.29 is 18.7 Å². The van der Waals surface area contributed by atoms with Crippen LogP contribution in [0.2, 0.25) is 0 Å². The molecule has 31 heavy (non-hydrogen) atoms. The van der Waals surface area contributed by atoms with Gasteiger partial charge in [0.15, 0.2) is 0 Å². The fraction of sp³-hybridized carbons (Fsp3) is 0.208. The largest absolute Gasteiger partial charge is 0.462 e. The van der Waals surface area contributed by atoms with Crippen LogP contribution < -0.4 is 4.90 Å². The Morgan fingerprint density at radius 2 is 2.00 bits per heavy atom. The molecule has 1 atom stereocenters. The van der Waals surface area contributed by atoms with Gasteiger partial charge in [-0.25, -0.2) is 9.18 Å². The van der Waals surface area contributed by atoms with Gasteiger partial charge in [0.2, 0.25) is 5.91 Å². The highest BCUT2D eigenvalue weighted by atomic mass is 32.2. The molecule has 5 nitrogen and oxygen atoms in total. The molecular formula is C24H21FN2O3S. The average molecular weight is 437 g/mol. The van der Waals surface area contributed by atoms with E-state index in [0.29, 0.717) is 28.3 Å². The maximum Gasteiger partial charge on any atom is 0.338 e. The average Bonchev–Trinajstić information content (AvgIpc) is 3.15. The summed E-state index contributed by atoms with van der Waals surface area (Å²) in [5.41, 5.74) is 4.10. The molecule has 2 heterocycles. The van der Waals surface area contributed by atoms with E-state index in [9.17, 15) is 14.0 Å². The summed E-state index contributed by atoms with van der Waals surface area (Å²) in [5, 5.41) is -0.259. The van der Waals surface area contributed by atoms with Crippen LogP contribution >= 0.6 is 11.8 Å². The van der Waals surface area contributed by atoms with Crippen molar-refractivity contribution in [3.05, 3.63) is 83.3 Å². The van der Waals surface area contributed by atoms with Crippen molar-refractivity contribution >= 4 is 29.3 Å². The number of hydrogen-bond acceptors (Lipinski definition) is 5. The topological polar surface area (TPSA) is 59.5 Å². The summed E-state index contributed by atoms with van der Waals surface area (Å²) in [6.07, 6.45) is 1.63. The molecule has 1 fully saturated rings. The molecule has 158 valence electrons. The molecule has 0 bridgehead atoms. The highest BCUT2D eigenvalue weighted by Gasteiger charge is 2.34. The second-order valence-corrected chi connectivity index (χ2v) is 8.16. The van der Waals surface area contributed by atoms with Gasteiger partial charge in [0.05, 0.1) is 23.6 Å². The number of rotatable bonds is 5. The van der Waals surface area contributed by atoms with Crippen LogP contribution in [-0.2, 0) is 9.53 Å². The SMILES string of the molecule is CCOC(=O)c1cccc(C)c1-c1cc(N2C(=O)CSC2c2ccc(F)cc2)ccn1. The molecule has 1 aliphatic rings. The molecule has 1 aromatic heterocycles. The predicted octanol–water partition coefficient (Wildman–Crippen LogP) is 5.15. The summed E-state index contributed by atoms with van der Waals surface area (Å²) in [6.45, 7) is 3.95. The number of esters is 1. The Kier molecular flexibility index (Phi) is 6.04. The molecule has 1 unspecified atom stereocenters. The third kappa shape index (κ3) is 4.18. The number of benzene rings is 2. The van der Waals surface area contributed by atoms with Crippen LogP contribution in [0.4, 0.5) is 10.1 Å². The van der Waals surface area contributed by atoms with Crippen molar-refractivity contribution in [1.29, 1.82) is 0 Å². The fourth-order valence-electron chi connectivity index (χ4n) is 3.67. The number of hydrogen-bond donors (Lipinski definition) is 0. The lowest BCUT2D eigenvalue weighted by Crippen LogP contribution is -2.27. The van der Waals surface area contributed by atoms with Gasteiger partial charge in [-0.05, 0) is 55.3 Å². The third-order valence-corrected chi connectivity index (χ3v) is 6.28. The van der Waals surface area contributed by atoms with Crippen LogP contribution in [0.1, 0.15) is 33.8 Å². The Morgan fingerprint density at radius 3 is 2.74 bits per heavy atom. The van der Waals surface area contributed by atoms with Crippen molar-refractivity contribution in [3.63, 3.8) is 0 Å². The molecule has 0 saturated carbocycles. The van der Waals surface area contributed by atoms with Crippen LogP contribution in [0.3, 0.4) is 0 Å². The Morgan fingerprint density at radius 1 is 1.23 bits per heavy atom. The zero-order valence-corrected chi connectivity index (χ0v) is 18.0. The highest BCUT2D eigenvalue weighted by Crippen LogP contribution is 2.42. The van der Waals surface area contributed by atoms with E-state index in [1.807, 2.05) is 19.1 Å². The molecule has 0 radical (unpaired) electrons. The van der Waals surface area contributed by atoms with Crippen molar-refractivity contribution in [2.75, 3.05) is 17.3 Å². The van der Waals surface area contributed by atoms with Gasteiger partial charge in [0.1, 0.15) is 11.2 Å². The van der Waals surface area contributed by atoms with Crippen molar-refractivity contribution in [2.45, 2.75) is 19.2 Å². The summed E-state index contributed by atoms with van der Waals surface area (Å²) in [4.78, 5) is 31.4. The Balaban J connectivity index is 1.76. The first-order valence-electron chi connectivity index (χ1n) is 9.92. The summed E-state index contributed by atoms with van der Waals surface area (Å²) < 4.78 is 18.6. The van der Waals surface area contributed by atoms with Crippen LogP contribution in [0.5, 0.6) is 0 Å². The Labute approximate surface area is 184 Å². The van der Waals surface area contributed by atoms with Gasteiger partial charge in [0, 0.05) is 17.4 Å². The van der Waals surface area contributed by atoms with E-state index in [4.69, 9.17) is 4.74 Å². The van der Waals surface area contributed by atoms with Crippen molar-refractivity contribution in [2.24, 2.45) is 0 Å². The second kappa shape index (κ2) is 8.89. The quantitative estimate of drug-likeness (QED) is 0.518. The van der Waals surface area contributed by atoms with Gasteiger partial charge in [0.25, 0.3) is 0 Å². The molecule has 2 aromatic carbocycles. The number of ether oxygens (including phenoxy) is 1. The lowest BCUT2D eigenvalue weighted by atomic mass is 9.98. The predicted molar refractivity (Wildman–Crippen MR) is 119 cm³/mol. The Hall–Kier alpha value is -3.19. The summed E-state index contributed by atoms with van der Waals surface area (Å²) >= 11 is 1.49. The molecule has 0 aliphatic carbocycles. The smallest absolute Gasteiger partial charge is 0.338 e. The van der Waals surface area contributed by atoms with Gasteiger partial charge < -0.3 is 4.74 Å². The first-order valence-corrected chi connectivity index (χ1v) is 11.0. The number of anilines is 1. The van der Waals surface area contributed by atoms with Gasteiger partial charge in [-0.3, -0.25) is 14.7 Å². The maximum atomic E-state index is 13.4. The number of carbonyl (C=O) groups is 2. The second-order valence-electron chi connectivity index (χ2n) is 7.10. The molecule has 1 saturated heterocycles. The number of amides is 1. The van der Waals surface area contributed by atoms with Crippen LogP contribution in [0.25, 0.3) is 11.3 Å². The zero-order chi connectivity index (χ0) is 22.0. The molecule has 4 rings (SSSR count). The number of carbonyl (C=O) groups excluding carboxylic acids is 2. The van der Waals surface area contributed by atoms with Crippen LogP contribution in [0, 0.1) is 12.7 Å². The van der Waals surface area contributed by atoms with Crippen LogP contribution in [-0.4, -0.2) is 29.2 Å². The molecule has 7 heteroatoms. The number of aromatic nitrogens is 1. The third-order valence-electron chi connectivity index (χ3n) is 5.07. The summed E-state index contributed by atoms with van der Waals surface area (Å²) in [5.74, 6) is -0.433. The standard InChI is InChI=1S/C24H21FN2O3S/c1-3-30-24(29)19-6-4-5-15(2)22(19)20-13-18(11-12-26-20)27-21(28)14-31-23(27)16-7-9-17(25)10-8-16/h4-13,23H,3,14H2,1-2H3. The van der Waals surface area contributed by atoms with Crippen molar-refractivity contribution in [1.82, 2.24) is 4.98 Å². The van der Waals surface area contributed by atoms with Gasteiger partial charge in [-0.2, -0.15) is 0 Å². The number of halogens is 1. The van der Waals surface area contributed by atoms with Crippen LogP contribution in [0.15, 0.2) is 60.8 Å². The summed E-state index contributed by atoms with van der Waals surface area (Å²) in [7, 11) is 0. The monoisotopic (exact) mass is 436 g/mol. The Bertz CT molecular complexity index is 1130. The minimum atomic E-state index is -0.412. The number of nitrogens with zero attached hydrogens (tertiary/aromatic N) is 2. The molecule has 0 N–H and O–H groups in total. The lowest BCUT2D eigenvalue weighted by molar-refractivity contribution is -0.115. The van der Waals surface area contributed by atoms with E-state index >= 15 is 0 Å². The fourth-order valence-corrected chi connectivity index (χ4v) is 4.85. The first kappa shape index (κ1) is 21.1. The van der Waals surface area contributed by atoms with Gasteiger partial charge >= 0.3 is 5.97 Å². The molecular weight excluding hydrogens is 415 g/mol. The first-order chi connectivity index (χ1) is 15.0. The zero-order valence-electron chi connectivity index (χ0n) is 17.2. The normalized spacial score (nSPS) is 15.9. The molecule has 1 aliphatic heterocycles. The van der Waals surface area contributed by atoms with Gasteiger partial charge in [-0.1, -0.05) is 24.3 Å². The number of aryl methyl sites for hydroxylation is 1. The number of pyridine rings is 1. The van der Waals surface area contributed by atoms with E-state index in [0.717, 1.165) is 11.1 Å². The van der Waals surface area contributed by atoms with E-state index in [-0.39, 0.29) is 23.7 Å². The van der Waals surface area contributed by atoms with E-state index < -0.39 is 5.97 Å². The van der Waals surface area contributed by atoms with E-state index in [1.54, 1.807) is 48.4 Å². The van der Waals surface area contributed by atoms with Gasteiger partial charge in [-0.15, -0.1) is 11.8 Å². The molecule has 0 spiro atoms. The summed E-state index contributed by atoms with van der Waals surface area (Å²) in [6, 6.07) is 15.2. The van der Waals surface area contributed by atoms with Crippen molar-refractivity contribution in [3.8, 4) is 11.3 Å². The minimum absolute atomic E-state index is 0.0353. The molecule has 1 amide bonds. The number of thioether (sulfide) groups is 1. The lowest BCUT2D eigenvalue weighted by Gasteiger charge is -2.25. The van der Waals surface area contributed by atoms with E-state index in [2.05, 4.69) is 4.98 Å². The maximum absolute atomic E-state index is 13.4.